The standard InChI is InChI=1S/C20H30N2O2/c1-16-6-5-11-22(14-16)20(23)17-9-12-21(13-10-17)15-18-7-3-4-8-19(18)24-2/h3-4,7-8,16-17H,5-6,9-15H2,1-2H3. The van der Waals surface area contributed by atoms with Gasteiger partial charge in [0, 0.05) is 31.1 Å². The van der Waals surface area contributed by atoms with E-state index in [0.717, 1.165) is 51.3 Å². The Kier molecular flexibility index (Phi) is 5.77. The number of para-hydroxylation sites is 1. The van der Waals surface area contributed by atoms with Gasteiger partial charge in [-0.2, -0.15) is 0 Å². The molecule has 0 bridgehead atoms. The van der Waals surface area contributed by atoms with Gasteiger partial charge in [0.25, 0.3) is 0 Å². The lowest BCUT2D eigenvalue weighted by Crippen LogP contribution is -2.45. The predicted octanol–water partition coefficient (Wildman–Crippen LogP) is 3.17. The Morgan fingerprint density at radius 1 is 1.17 bits per heavy atom. The third kappa shape index (κ3) is 4.10. The van der Waals surface area contributed by atoms with Gasteiger partial charge in [-0.05, 0) is 50.8 Å². The number of carbonyl (C=O) groups excluding carboxylic acids is 1. The van der Waals surface area contributed by atoms with Crippen LogP contribution in [0.2, 0.25) is 0 Å². The lowest BCUT2D eigenvalue weighted by molar-refractivity contribution is -0.138. The van der Waals surface area contributed by atoms with E-state index in [9.17, 15) is 4.79 Å². The molecule has 2 heterocycles. The Balaban J connectivity index is 1.51. The highest BCUT2D eigenvalue weighted by Gasteiger charge is 2.30. The van der Waals surface area contributed by atoms with E-state index in [1.165, 1.54) is 18.4 Å². The quantitative estimate of drug-likeness (QED) is 0.850. The number of hydrogen-bond donors (Lipinski definition) is 0. The average molecular weight is 330 g/mol. The van der Waals surface area contributed by atoms with Gasteiger partial charge in [-0.15, -0.1) is 0 Å². The topological polar surface area (TPSA) is 32.8 Å². The fraction of sp³-hybridized carbons (Fsp3) is 0.650. The first-order chi connectivity index (χ1) is 11.7. The van der Waals surface area contributed by atoms with Gasteiger partial charge >= 0.3 is 0 Å². The van der Waals surface area contributed by atoms with Crippen LogP contribution < -0.4 is 4.74 Å². The van der Waals surface area contributed by atoms with Crippen LogP contribution in [0.15, 0.2) is 24.3 Å². The van der Waals surface area contributed by atoms with Crippen molar-refractivity contribution in [3.8, 4) is 5.75 Å². The molecule has 4 nitrogen and oxygen atoms in total. The molecule has 132 valence electrons. The van der Waals surface area contributed by atoms with Crippen molar-refractivity contribution in [3.63, 3.8) is 0 Å². The van der Waals surface area contributed by atoms with E-state index >= 15 is 0 Å². The van der Waals surface area contributed by atoms with Crippen LogP contribution in [0, 0.1) is 11.8 Å². The number of ether oxygens (including phenoxy) is 1. The van der Waals surface area contributed by atoms with Crippen molar-refractivity contribution >= 4 is 5.91 Å². The van der Waals surface area contributed by atoms with Crippen molar-refractivity contribution in [1.82, 2.24) is 9.80 Å². The zero-order valence-corrected chi connectivity index (χ0v) is 15.0. The number of hydrogen-bond acceptors (Lipinski definition) is 3. The number of rotatable bonds is 4. The highest BCUT2D eigenvalue weighted by atomic mass is 16.5. The van der Waals surface area contributed by atoms with Crippen molar-refractivity contribution < 1.29 is 9.53 Å². The summed E-state index contributed by atoms with van der Waals surface area (Å²) in [7, 11) is 1.73. The molecule has 0 aromatic heterocycles. The Morgan fingerprint density at radius 2 is 1.92 bits per heavy atom. The van der Waals surface area contributed by atoms with E-state index in [-0.39, 0.29) is 5.92 Å². The molecule has 2 saturated heterocycles. The van der Waals surface area contributed by atoms with E-state index < -0.39 is 0 Å². The summed E-state index contributed by atoms with van der Waals surface area (Å²) >= 11 is 0. The van der Waals surface area contributed by atoms with E-state index in [2.05, 4.69) is 28.9 Å². The van der Waals surface area contributed by atoms with Gasteiger partial charge in [0.1, 0.15) is 5.75 Å². The summed E-state index contributed by atoms with van der Waals surface area (Å²) in [6.07, 6.45) is 4.40. The molecule has 0 saturated carbocycles. The number of piperidine rings is 2. The van der Waals surface area contributed by atoms with Crippen molar-refractivity contribution in [2.24, 2.45) is 11.8 Å². The van der Waals surface area contributed by atoms with Gasteiger partial charge in [0.05, 0.1) is 7.11 Å². The third-order valence-corrected chi connectivity index (χ3v) is 5.49. The van der Waals surface area contributed by atoms with Crippen molar-refractivity contribution in [3.05, 3.63) is 29.8 Å². The zero-order chi connectivity index (χ0) is 16.9. The van der Waals surface area contributed by atoms with Crippen LogP contribution in [0.5, 0.6) is 5.75 Å². The van der Waals surface area contributed by atoms with Crippen LogP contribution in [0.3, 0.4) is 0 Å². The Bertz CT molecular complexity index is 552. The molecular weight excluding hydrogens is 300 g/mol. The summed E-state index contributed by atoms with van der Waals surface area (Å²) in [6, 6.07) is 8.22. The molecule has 3 rings (SSSR count). The molecule has 2 fully saturated rings. The molecule has 1 aromatic rings. The molecule has 2 aliphatic heterocycles. The van der Waals surface area contributed by atoms with Gasteiger partial charge in [-0.3, -0.25) is 9.69 Å². The maximum atomic E-state index is 12.8. The number of nitrogens with zero attached hydrogens (tertiary/aromatic N) is 2. The highest BCUT2D eigenvalue weighted by molar-refractivity contribution is 5.79. The van der Waals surface area contributed by atoms with Crippen molar-refractivity contribution in [1.29, 1.82) is 0 Å². The smallest absolute Gasteiger partial charge is 0.225 e. The molecule has 0 spiro atoms. The number of carbonyl (C=O) groups is 1. The number of likely N-dealkylation sites (tertiary alicyclic amines) is 2. The molecule has 0 radical (unpaired) electrons. The van der Waals surface area contributed by atoms with Crippen LogP contribution in [0.25, 0.3) is 0 Å². The average Bonchev–Trinajstić information content (AvgIpc) is 2.62. The molecular formula is C20H30N2O2. The van der Waals surface area contributed by atoms with E-state index in [1.54, 1.807) is 7.11 Å². The second kappa shape index (κ2) is 8.02. The third-order valence-electron chi connectivity index (χ3n) is 5.49. The molecule has 24 heavy (non-hydrogen) atoms. The molecule has 1 amide bonds. The lowest BCUT2D eigenvalue weighted by Gasteiger charge is -2.37. The summed E-state index contributed by atoms with van der Waals surface area (Å²) in [5.41, 5.74) is 1.23. The van der Waals surface area contributed by atoms with Crippen LogP contribution >= 0.6 is 0 Å². The summed E-state index contributed by atoms with van der Waals surface area (Å²) in [5.74, 6) is 2.24. The summed E-state index contributed by atoms with van der Waals surface area (Å²) < 4.78 is 5.45. The second-order valence-electron chi connectivity index (χ2n) is 7.39. The largest absolute Gasteiger partial charge is 0.496 e. The molecule has 2 aliphatic rings. The zero-order valence-electron chi connectivity index (χ0n) is 15.0. The second-order valence-corrected chi connectivity index (χ2v) is 7.39. The fourth-order valence-corrected chi connectivity index (χ4v) is 4.06. The summed E-state index contributed by atoms with van der Waals surface area (Å²) in [4.78, 5) is 17.3. The predicted molar refractivity (Wildman–Crippen MR) is 96.0 cm³/mol. The first kappa shape index (κ1) is 17.3. The molecule has 1 atom stereocenters. The van der Waals surface area contributed by atoms with Gasteiger partial charge in [0.15, 0.2) is 0 Å². The van der Waals surface area contributed by atoms with Crippen LogP contribution in [0.4, 0.5) is 0 Å². The normalized spacial score (nSPS) is 23.2. The van der Waals surface area contributed by atoms with Crippen molar-refractivity contribution in [2.45, 2.75) is 39.2 Å². The minimum Gasteiger partial charge on any atom is -0.496 e. The van der Waals surface area contributed by atoms with Gasteiger partial charge in [-0.1, -0.05) is 25.1 Å². The maximum Gasteiger partial charge on any atom is 0.225 e. The van der Waals surface area contributed by atoms with E-state index in [0.29, 0.717) is 11.8 Å². The summed E-state index contributed by atoms with van der Waals surface area (Å²) in [5, 5.41) is 0. The van der Waals surface area contributed by atoms with Gasteiger partial charge in [0.2, 0.25) is 5.91 Å². The Labute approximate surface area is 145 Å². The van der Waals surface area contributed by atoms with E-state index in [1.807, 2.05) is 12.1 Å². The Morgan fingerprint density at radius 3 is 2.62 bits per heavy atom. The summed E-state index contributed by atoms with van der Waals surface area (Å²) in [6.45, 7) is 7.08. The monoisotopic (exact) mass is 330 g/mol. The number of benzene rings is 1. The van der Waals surface area contributed by atoms with Crippen molar-refractivity contribution in [2.75, 3.05) is 33.3 Å². The molecule has 1 unspecified atom stereocenters. The Hall–Kier alpha value is -1.55. The number of methoxy groups -OCH3 is 1. The molecule has 1 aromatic carbocycles. The van der Waals surface area contributed by atoms with Crippen LogP contribution in [-0.4, -0.2) is 49.0 Å². The van der Waals surface area contributed by atoms with Crippen LogP contribution in [-0.2, 0) is 11.3 Å². The first-order valence-electron chi connectivity index (χ1n) is 9.30. The lowest BCUT2D eigenvalue weighted by atomic mass is 9.92. The molecule has 4 heteroatoms. The number of amides is 1. The van der Waals surface area contributed by atoms with Gasteiger partial charge < -0.3 is 9.64 Å². The minimum atomic E-state index is 0.226. The SMILES string of the molecule is COc1ccccc1CN1CCC(C(=O)N2CCCC(C)C2)CC1. The van der Waals surface area contributed by atoms with Crippen LogP contribution in [0.1, 0.15) is 38.2 Å². The molecule has 0 N–H and O–H groups in total. The van der Waals surface area contributed by atoms with E-state index in [4.69, 9.17) is 4.74 Å². The molecule has 0 aliphatic carbocycles. The van der Waals surface area contributed by atoms with Gasteiger partial charge in [-0.25, -0.2) is 0 Å². The maximum absolute atomic E-state index is 12.8. The highest BCUT2D eigenvalue weighted by Crippen LogP contribution is 2.26. The minimum absolute atomic E-state index is 0.226. The fourth-order valence-electron chi connectivity index (χ4n) is 4.06. The first-order valence-corrected chi connectivity index (χ1v) is 9.30.